The maximum absolute atomic E-state index is 13.0. The molecule has 4 rings (SSSR count). The normalized spacial score (nSPS) is 13.4. The van der Waals surface area contributed by atoms with Crippen molar-refractivity contribution in [1.29, 1.82) is 0 Å². The largest absolute Gasteiger partial charge is 0.508 e. The zero-order valence-electron chi connectivity index (χ0n) is 16.6. The van der Waals surface area contributed by atoms with Crippen LogP contribution in [0.1, 0.15) is 32.6 Å². The summed E-state index contributed by atoms with van der Waals surface area (Å²) in [7, 11) is 0. The van der Waals surface area contributed by atoms with Crippen LogP contribution in [0.5, 0.6) is 11.5 Å². The molecule has 1 heterocycles. The topological polar surface area (TPSA) is 85.2 Å². The first-order valence-electron chi connectivity index (χ1n) is 9.60. The Bertz CT molecular complexity index is 1210. The number of halogens is 3. The van der Waals surface area contributed by atoms with E-state index in [0.29, 0.717) is 29.9 Å². The summed E-state index contributed by atoms with van der Waals surface area (Å²) >= 11 is 0. The van der Waals surface area contributed by atoms with Gasteiger partial charge in [-0.1, -0.05) is 12.1 Å². The van der Waals surface area contributed by atoms with Crippen LogP contribution in [0.2, 0.25) is 0 Å². The third-order valence-electron chi connectivity index (χ3n) is 5.11. The van der Waals surface area contributed by atoms with Crippen LogP contribution >= 0.6 is 0 Å². The molecule has 3 N–H and O–H groups in total. The number of hydrazone groups is 1. The minimum Gasteiger partial charge on any atom is -0.508 e. The number of phenols is 2. The summed E-state index contributed by atoms with van der Waals surface area (Å²) in [6, 6.07) is 14.2. The van der Waals surface area contributed by atoms with Crippen molar-refractivity contribution in [3.8, 4) is 11.5 Å². The molecule has 32 heavy (non-hydrogen) atoms. The van der Waals surface area contributed by atoms with E-state index in [-0.39, 0.29) is 11.5 Å². The van der Waals surface area contributed by atoms with Gasteiger partial charge >= 0.3 is 6.18 Å². The summed E-state index contributed by atoms with van der Waals surface area (Å²) in [5.41, 5.74) is 4.55. The Labute approximate surface area is 181 Å². The number of phenolic OH excluding ortho intramolecular Hbond substituents is 2. The second-order valence-corrected chi connectivity index (χ2v) is 7.33. The van der Waals surface area contributed by atoms with Crippen LogP contribution in [0.4, 0.5) is 18.9 Å². The molecular formula is C23H18F3N3O3. The summed E-state index contributed by atoms with van der Waals surface area (Å²) in [6.07, 6.45) is -3.17. The van der Waals surface area contributed by atoms with E-state index in [9.17, 15) is 28.2 Å². The van der Waals surface area contributed by atoms with Crippen LogP contribution in [0, 0.1) is 0 Å². The van der Waals surface area contributed by atoms with E-state index in [1.807, 2.05) is 4.90 Å². The molecule has 0 radical (unpaired) electrons. The van der Waals surface area contributed by atoms with Crippen LogP contribution in [-0.4, -0.2) is 22.3 Å². The minimum absolute atomic E-state index is 0.0963. The maximum atomic E-state index is 13.0. The number of anilines is 1. The predicted molar refractivity (Wildman–Crippen MR) is 113 cm³/mol. The van der Waals surface area contributed by atoms with E-state index < -0.39 is 17.6 Å². The first-order valence-corrected chi connectivity index (χ1v) is 9.60. The number of alkyl halides is 3. The standard InChI is InChI=1S/C23H18F3N3O3/c24-23(25,26)18-2-1-3-19(9-18)29-12-16-5-4-14(8-17(16)13-29)22(32)28-27-11-15-6-7-20(30)10-21(15)31/h1-11,30-31H,12-13H2,(H,28,32)/b27-11+. The number of aromatic hydroxyl groups is 2. The Morgan fingerprint density at radius 3 is 2.53 bits per heavy atom. The SMILES string of the molecule is O=C(N/N=C/c1ccc(O)cc1O)c1ccc2c(c1)CN(c1cccc(C(F)(F)F)c1)C2. The highest BCUT2D eigenvalue weighted by Gasteiger charge is 2.31. The third kappa shape index (κ3) is 4.51. The summed E-state index contributed by atoms with van der Waals surface area (Å²) in [5, 5.41) is 22.8. The van der Waals surface area contributed by atoms with Crippen molar-refractivity contribution >= 4 is 17.8 Å². The summed E-state index contributed by atoms with van der Waals surface area (Å²) in [6.45, 7) is 0.819. The van der Waals surface area contributed by atoms with Gasteiger partial charge in [0.1, 0.15) is 11.5 Å². The molecule has 0 saturated carbocycles. The molecule has 0 spiro atoms. The average Bonchev–Trinajstić information content (AvgIpc) is 3.18. The lowest BCUT2D eigenvalue weighted by Crippen LogP contribution is -2.18. The monoisotopic (exact) mass is 441 g/mol. The van der Waals surface area contributed by atoms with Crippen molar-refractivity contribution < 1.29 is 28.2 Å². The van der Waals surface area contributed by atoms with Crippen LogP contribution in [0.25, 0.3) is 0 Å². The molecule has 0 aliphatic carbocycles. The molecule has 0 fully saturated rings. The van der Waals surface area contributed by atoms with Crippen molar-refractivity contribution in [3.05, 3.63) is 88.5 Å². The molecule has 1 aliphatic heterocycles. The van der Waals surface area contributed by atoms with Crippen molar-refractivity contribution in [2.24, 2.45) is 5.10 Å². The summed E-state index contributed by atoms with van der Waals surface area (Å²) < 4.78 is 39.0. The number of hydrogen-bond donors (Lipinski definition) is 3. The van der Waals surface area contributed by atoms with Gasteiger partial charge in [-0.15, -0.1) is 0 Å². The fourth-order valence-electron chi connectivity index (χ4n) is 3.46. The number of carbonyl (C=O) groups excluding carboxylic acids is 1. The lowest BCUT2D eigenvalue weighted by Gasteiger charge is -2.19. The maximum Gasteiger partial charge on any atom is 0.416 e. The van der Waals surface area contributed by atoms with Crippen molar-refractivity contribution in [2.45, 2.75) is 19.3 Å². The molecule has 0 bridgehead atoms. The fourth-order valence-corrected chi connectivity index (χ4v) is 3.46. The number of rotatable bonds is 4. The van der Waals surface area contributed by atoms with E-state index in [4.69, 9.17) is 0 Å². The highest BCUT2D eigenvalue weighted by Crippen LogP contribution is 2.34. The smallest absolute Gasteiger partial charge is 0.416 e. The predicted octanol–water partition coefficient (Wildman–Crippen LogP) is 4.40. The lowest BCUT2D eigenvalue weighted by atomic mass is 10.1. The molecule has 164 valence electrons. The van der Waals surface area contributed by atoms with Gasteiger partial charge in [-0.05, 0) is 53.6 Å². The molecule has 0 unspecified atom stereocenters. The highest BCUT2D eigenvalue weighted by atomic mass is 19.4. The van der Waals surface area contributed by atoms with Gasteiger partial charge in [0.05, 0.1) is 11.8 Å². The molecule has 1 amide bonds. The second kappa shape index (κ2) is 8.26. The lowest BCUT2D eigenvalue weighted by molar-refractivity contribution is -0.137. The molecular weight excluding hydrogens is 423 g/mol. The number of nitrogens with one attached hydrogen (secondary N) is 1. The second-order valence-electron chi connectivity index (χ2n) is 7.33. The van der Waals surface area contributed by atoms with E-state index in [1.54, 1.807) is 24.3 Å². The molecule has 3 aromatic carbocycles. The van der Waals surface area contributed by atoms with Gasteiger partial charge in [0.2, 0.25) is 0 Å². The number of fused-ring (bicyclic) bond motifs is 1. The molecule has 1 aliphatic rings. The zero-order valence-corrected chi connectivity index (χ0v) is 16.6. The quantitative estimate of drug-likeness (QED) is 0.414. The number of amides is 1. The Morgan fingerprint density at radius 1 is 1.00 bits per heavy atom. The summed E-state index contributed by atoms with van der Waals surface area (Å²) in [5.74, 6) is -0.754. The van der Waals surface area contributed by atoms with Crippen LogP contribution in [-0.2, 0) is 19.3 Å². The highest BCUT2D eigenvalue weighted by molar-refractivity contribution is 5.95. The van der Waals surface area contributed by atoms with Gasteiger partial charge in [-0.25, -0.2) is 5.43 Å². The first kappa shape index (κ1) is 21.2. The van der Waals surface area contributed by atoms with E-state index in [0.717, 1.165) is 29.3 Å². The van der Waals surface area contributed by atoms with Crippen LogP contribution in [0.15, 0.2) is 65.8 Å². The van der Waals surface area contributed by atoms with Gasteiger partial charge in [0.15, 0.2) is 0 Å². The van der Waals surface area contributed by atoms with E-state index in [1.165, 1.54) is 24.4 Å². The number of benzene rings is 3. The Hall–Kier alpha value is -4.01. The molecule has 0 aromatic heterocycles. The van der Waals surface area contributed by atoms with Gasteiger partial charge in [-0.3, -0.25) is 4.79 Å². The van der Waals surface area contributed by atoms with Crippen molar-refractivity contribution in [3.63, 3.8) is 0 Å². The van der Waals surface area contributed by atoms with Gasteiger partial charge in [0.25, 0.3) is 5.91 Å². The molecule has 0 saturated heterocycles. The van der Waals surface area contributed by atoms with E-state index in [2.05, 4.69) is 10.5 Å². The zero-order chi connectivity index (χ0) is 22.9. The van der Waals surface area contributed by atoms with Crippen molar-refractivity contribution in [1.82, 2.24) is 5.43 Å². The Kier molecular flexibility index (Phi) is 5.48. The molecule has 6 nitrogen and oxygen atoms in total. The molecule has 3 aromatic rings. The minimum atomic E-state index is -4.41. The molecule has 9 heteroatoms. The fraction of sp³-hybridized carbons (Fsp3) is 0.130. The summed E-state index contributed by atoms with van der Waals surface area (Å²) in [4.78, 5) is 14.2. The first-order chi connectivity index (χ1) is 15.2. The Balaban J connectivity index is 1.45. The van der Waals surface area contributed by atoms with Gasteiger partial charge in [-0.2, -0.15) is 18.3 Å². The third-order valence-corrected chi connectivity index (χ3v) is 5.11. The van der Waals surface area contributed by atoms with Gasteiger partial charge < -0.3 is 15.1 Å². The average molecular weight is 441 g/mol. The number of hydrogen-bond acceptors (Lipinski definition) is 5. The van der Waals surface area contributed by atoms with Gasteiger partial charge in [0, 0.05) is 36.0 Å². The number of nitrogens with zero attached hydrogens (tertiary/aromatic N) is 2. The number of carbonyl (C=O) groups is 1. The Morgan fingerprint density at radius 2 is 1.78 bits per heavy atom. The molecule has 0 atom stereocenters. The van der Waals surface area contributed by atoms with Crippen LogP contribution < -0.4 is 10.3 Å². The van der Waals surface area contributed by atoms with E-state index >= 15 is 0 Å². The van der Waals surface area contributed by atoms with Crippen molar-refractivity contribution in [2.75, 3.05) is 4.90 Å². The van der Waals surface area contributed by atoms with Crippen LogP contribution in [0.3, 0.4) is 0 Å².